The highest BCUT2D eigenvalue weighted by Crippen LogP contribution is 2.47. The molecule has 28 heavy (non-hydrogen) atoms. The van der Waals surface area contributed by atoms with Crippen LogP contribution in [0.5, 0.6) is 0 Å². The zero-order valence-corrected chi connectivity index (χ0v) is 18.7. The van der Waals surface area contributed by atoms with Crippen molar-refractivity contribution in [3.05, 3.63) is 60.0 Å². The van der Waals surface area contributed by atoms with E-state index in [0.717, 1.165) is 32.2 Å². The quantitative estimate of drug-likeness (QED) is 0.399. The van der Waals surface area contributed by atoms with Crippen LogP contribution in [0.1, 0.15) is 23.5 Å². The average Bonchev–Trinajstić information content (AvgIpc) is 3.46. The zero-order chi connectivity index (χ0) is 19.7. The van der Waals surface area contributed by atoms with E-state index >= 15 is 0 Å². The summed E-state index contributed by atoms with van der Waals surface area (Å²) in [5.74, 6) is 0.596. The molecule has 1 saturated carbocycles. The molecule has 2 atom stereocenters. The molecule has 0 bridgehead atoms. The number of nitrogens with zero attached hydrogens (tertiary/aromatic N) is 3. The summed E-state index contributed by atoms with van der Waals surface area (Å²) in [6, 6.07) is 12.6. The number of pyridine rings is 1. The number of rotatable bonds is 6. The van der Waals surface area contributed by atoms with Gasteiger partial charge in [0.2, 0.25) is 5.91 Å². The van der Waals surface area contributed by atoms with E-state index in [1.165, 1.54) is 11.1 Å². The lowest BCUT2D eigenvalue weighted by atomic mass is 10.1. The Morgan fingerprint density at radius 1 is 1.25 bits per heavy atom. The lowest BCUT2D eigenvalue weighted by Gasteiger charge is -2.07. The molecule has 1 aliphatic carbocycles. The van der Waals surface area contributed by atoms with Crippen molar-refractivity contribution in [2.75, 3.05) is 7.05 Å². The molecule has 1 aromatic carbocycles. The van der Waals surface area contributed by atoms with Crippen molar-refractivity contribution in [3.63, 3.8) is 0 Å². The van der Waals surface area contributed by atoms with Gasteiger partial charge in [-0.1, -0.05) is 52.9 Å². The number of halogens is 1. The van der Waals surface area contributed by atoms with E-state index in [2.05, 4.69) is 74.3 Å². The molecular weight excluding hydrogens is 483 g/mol. The van der Waals surface area contributed by atoms with Gasteiger partial charge < -0.3 is 9.88 Å². The molecule has 2 aromatic heterocycles. The lowest BCUT2D eigenvalue weighted by molar-refractivity contribution is -0.121. The van der Waals surface area contributed by atoms with Crippen LogP contribution in [0.15, 0.2) is 59.0 Å². The van der Waals surface area contributed by atoms with E-state index < -0.39 is 0 Å². The molecule has 7 heteroatoms. The van der Waals surface area contributed by atoms with E-state index in [0.29, 0.717) is 5.92 Å². The Morgan fingerprint density at radius 2 is 2.04 bits per heavy atom. The van der Waals surface area contributed by atoms with Crippen LogP contribution < -0.4 is 5.32 Å². The van der Waals surface area contributed by atoms with Gasteiger partial charge in [-0.3, -0.25) is 4.79 Å². The van der Waals surface area contributed by atoms with Crippen LogP contribution in [0.4, 0.5) is 0 Å². The number of aryl methyl sites for hydroxylation is 1. The zero-order valence-electron chi connectivity index (χ0n) is 15.7. The maximum Gasteiger partial charge on any atom is 0.223 e. The van der Waals surface area contributed by atoms with Crippen molar-refractivity contribution in [1.29, 1.82) is 0 Å². The number of aromatic nitrogens is 3. The van der Waals surface area contributed by atoms with Gasteiger partial charge in [-0.25, -0.2) is 9.97 Å². The molecule has 144 valence electrons. The van der Waals surface area contributed by atoms with Crippen LogP contribution in [-0.4, -0.2) is 27.5 Å². The molecule has 3 aromatic rings. The summed E-state index contributed by atoms with van der Waals surface area (Å²) in [6.45, 7) is 0. The van der Waals surface area contributed by atoms with Crippen LogP contribution in [-0.2, 0) is 16.3 Å². The van der Waals surface area contributed by atoms with Crippen LogP contribution in [0, 0.1) is 5.92 Å². The summed E-state index contributed by atoms with van der Waals surface area (Å²) in [5, 5.41) is 4.77. The van der Waals surface area contributed by atoms with Gasteiger partial charge in [-0.15, -0.1) is 0 Å². The second-order valence-electron chi connectivity index (χ2n) is 6.93. The van der Waals surface area contributed by atoms with Crippen LogP contribution in [0.2, 0.25) is 0 Å². The summed E-state index contributed by atoms with van der Waals surface area (Å²) >= 11 is 3.97. The molecular formula is C21H21IN4OS. The first-order valence-corrected chi connectivity index (χ1v) is 11.5. The van der Waals surface area contributed by atoms with Gasteiger partial charge in [-0.2, -0.15) is 0 Å². The number of amides is 1. The number of carbonyl (C=O) groups is 1. The smallest absolute Gasteiger partial charge is 0.223 e. The second-order valence-corrected chi connectivity index (χ2v) is 8.71. The van der Waals surface area contributed by atoms with Crippen molar-refractivity contribution in [2.24, 2.45) is 13.0 Å². The van der Waals surface area contributed by atoms with Crippen molar-refractivity contribution >= 4 is 40.3 Å². The highest BCUT2D eigenvalue weighted by Gasteiger charge is 2.43. The van der Waals surface area contributed by atoms with Crippen molar-refractivity contribution in [1.82, 2.24) is 19.9 Å². The van der Waals surface area contributed by atoms with Crippen molar-refractivity contribution in [2.45, 2.75) is 26.8 Å². The summed E-state index contributed by atoms with van der Waals surface area (Å²) in [6.07, 6.45) is 4.70. The minimum Gasteiger partial charge on any atom is -0.359 e. The first kappa shape index (κ1) is 19.4. The monoisotopic (exact) mass is 504 g/mol. The predicted octanol–water partition coefficient (Wildman–Crippen LogP) is 4.42. The topological polar surface area (TPSA) is 59.8 Å². The third kappa shape index (κ3) is 3.96. The lowest BCUT2D eigenvalue weighted by Crippen LogP contribution is -2.20. The Labute approximate surface area is 182 Å². The maximum atomic E-state index is 11.8. The Kier molecular flexibility index (Phi) is 5.73. The first-order chi connectivity index (χ1) is 13.6. The number of hydrogen-bond acceptors (Lipinski definition) is 4. The van der Waals surface area contributed by atoms with Crippen LogP contribution in [0.3, 0.4) is 0 Å². The number of carbonyl (C=O) groups excluding carboxylic acids is 1. The van der Waals surface area contributed by atoms with Gasteiger partial charge in [-0.05, 0) is 41.3 Å². The van der Waals surface area contributed by atoms with Gasteiger partial charge >= 0.3 is 0 Å². The SMILES string of the molecule is CNC(=O)C1CC1c1ccc(-c2ncn(C)c2Sc2ccc(CI)cn2)cc1. The first-order valence-electron chi connectivity index (χ1n) is 9.12. The molecule has 0 saturated heterocycles. The summed E-state index contributed by atoms with van der Waals surface area (Å²) < 4.78 is 2.99. The molecule has 2 unspecified atom stereocenters. The number of alkyl halides is 1. The molecule has 1 fully saturated rings. The molecule has 1 N–H and O–H groups in total. The molecule has 4 rings (SSSR count). The summed E-state index contributed by atoms with van der Waals surface area (Å²) in [4.78, 5) is 20.9. The van der Waals surface area contributed by atoms with E-state index in [4.69, 9.17) is 0 Å². The van der Waals surface area contributed by atoms with Gasteiger partial charge in [0.25, 0.3) is 0 Å². The molecule has 2 heterocycles. The van der Waals surface area contributed by atoms with E-state index in [1.54, 1.807) is 18.8 Å². The second kappa shape index (κ2) is 8.24. The Hall–Kier alpha value is -1.87. The average molecular weight is 504 g/mol. The largest absolute Gasteiger partial charge is 0.359 e. The Bertz CT molecular complexity index is 985. The van der Waals surface area contributed by atoms with Gasteiger partial charge in [0, 0.05) is 36.2 Å². The fourth-order valence-electron chi connectivity index (χ4n) is 3.31. The number of hydrogen-bond donors (Lipinski definition) is 1. The third-order valence-electron chi connectivity index (χ3n) is 5.02. The molecule has 1 aliphatic rings. The van der Waals surface area contributed by atoms with Crippen LogP contribution >= 0.6 is 34.4 Å². The predicted molar refractivity (Wildman–Crippen MR) is 120 cm³/mol. The van der Waals surface area contributed by atoms with Crippen molar-refractivity contribution in [3.8, 4) is 11.3 Å². The molecule has 0 spiro atoms. The normalized spacial score (nSPS) is 18.1. The third-order valence-corrected chi connectivity index (χ3v) is 7.03. The van der Waals surface area contributed by atoms with Gasteiger partial charge in [0.05, 0.1) is 6.33 Å². The molecule has 5 nitrogen and oxygen atoms in total. The number of imidazole rings is 1. The Balaban J connectivity index is 1.54. The maximum absolute atomic E-state index is 11.8. The van der Waals surface area contributed by atoms with Gasteiger partial charge in [0.15, 0.2) is 0 Å². The number of benzene rings is 1. The standard InChI is InChI=1S/C21H21IN4OS/c1-23-20(27)17-9-16(17)14-4-6-15(7-5-14)19-21(26(2)12-25-19)28-18-8-3-13(10-22)11-24-18/h3-8,11-12,16-17H,9-10H2,1-2H3,(H,23,27). The fraction of sp³-hybridized carbons (Fsp3) is 0.286. The minimum atomic E-state index is 0.119. The Morgan fingerprint density at radius 3 is 2.68 bits per heavy atom. The van der Waals surface area contributed by atoms with Crippen molar-refractivity contribution < 1.29 is 4.79 Å². The fourth-order valence-corrected chi connectivity index (χ4v) is 4.66. The van der Waals surface area contributed by atoms with Crippen LogP contribution in [0.25, 0.3) is 11.3 Å². The van der Waals surface area contributed by atoms with E-state index in [1.807, 2.05) is 24.1 Å². The highest BCUT2D eigenvalue weighted by atomic mass is 127. The van der Waals surface area contributed by atoms with Gasteiger partial charge in [0.1, 0.15) is 15.7 Å². The summed E-state index contributed by atoms with van der Waals surface area (Å²) in [5.41, 5.74) is 4.48. The molecule has 0 aliphatic heterocycles. The molecule has 0 radical (unpaired) electrons. The van der Waals surface area contributed by atoms with E-state index in [-0.39, 0.29) is 11.8 Å². The minimum absolute atomic E-state index is 0.119. The van der Waals surface area contributed by atoms with E-state index in [9.17, 15) is 4.79 Å². The molecule has 1 amide bonds. The number of nitrogens with one attached hydrogen (secondary N) is 1. The summed E-state index contributed by atoms with van der Waals surface area (Å²) in [7, 11) is 3.70. The highest BCUT2D eigenvalue weighted by molar-refractivity contribution is 14.1.